The van der Waals surface area contributed by atoms with Crippen LogP contribution in [-0.4, -0.2) is 12.0 Å². The third-order valence-electron chi connectivity index (χ3n) is 4.20. The molecule has 1 heterocycles. The number of hydrogen-bond donors (Lipinski definition) is 0. The second-order valence-corrected chi connectivity index (χ2v) is 6.50. The molecule has 6 nitrogen and oxygen atoms in total. The highest BCUT2D eigenvalue weighted by Crippen LogP contribution is 2.20. The Hall–Kier alpha value is -3.41. The molecule has 0 amide bonds. The van der Waals surface area contributed by atoms with Crippen molar-refractivity contribution in [2.24, 2.45) is 0 Å². The average molecular weight is 381 g/mol. The van der Waals surface area contributed by atoms with E-state index in [2.05, 4.69) is 0 Å². The quantitative estimate of drug-likeness (QED) is 0.388. The van der Waals surface area contributed by atoms with Gasteiger partial charge >= 0.3 is 0 Å². The summed E-state index contributed by atoms with van der Waals surface area (Å²) in [5.41, 5.74) is 3.76. The van der Waals surface area contributed by atoms with Crippen LogP contribution < -0.4 is 10.2 Å². The highest BCUT2D eigenvalue weighted by atomic mass is 16.6. The van der Waals surface area contributed by atoms with Gasteiger partial charge in [0.05, 0.1) is 17.6 Å². The summed E-state index contributed by atoms with van der Waals surface area (Å²) in [6.45, 7) is 7.26. The zero-order chi connectivity index (χ0) is 20.8. The molecule has 1 aromatic carbocycles. The normalized spacial score (nSPS) is 12.5. The number of hydrogen-bond acceptors (Lipinski definition) is 5. The first-order valence-electron chi connectivity index (χ1n) is 8.70. The predicted octanol–water partition coefficient (Wildman–Crippen LogP) is 5.24. The predicted molar refractivity (Wildman–Crippen MR) is 111 cm³/mol. The molecule has 0 bridgehead atoms. The molecule has 6 heteroatoms. The molecule has 2 aromatic rings. The van der Waals surface area contributed by atoms with Crippen LogP contribution in [0, 0.1) is 24.0 Å². The van der Waals surface area contributed by atoms with Crippen LogP contribution in [0.1, 0.15) is 36.3 Å². The zero-order valence-electron chi connectivity index (χ0n) is 16.6. The molecule has 0 atom stereocenters. The number of nitro benzene ring substituents is 1. The van der Waals surface area contributed by atoms with Crippen molar-refractivity contribution >= 4 is 17.8 Å². The van der Waals surface area contributed by atoms with Crippen molar-refractivity contribution in [3.63, 3.8) is 0 Å². The minimum absolute atomic E-state index is 0.0647. The Labute approximate surface area is 163 Å². The summed E-state index contributed by atoms with van der Waals surface area (Å²) in [5, 5.41) is 10.7. The lowest BCUT2D eigenvalue weighted by Crippen LogP contribution is -2.11. The number of non-ortho nitro benzene ring substituents is 1. The third-order valence-corrected chi connectivity index (χ3v) is 4.20. The molecule has 0 aliphatic heterocycles. The van der Waals surface area contributed by atoms with Crippen molar-refractivity contribution in [3.8, 4) is 5.95 Å². The van der Waals surface area contributed by atoms with Gasteiger partial charge in [0.2, 0.25) is 0 Å². The molecule has 0 fully saturated rings. The average Bonchev–Trinajstić information content (AvgIpc) is 2.66. The van der Waals surface area contributed by atoms with Crippen LogP contribution in [0.25, 0.3) is 12.2 Å². The van der Waals surface area contributed by atoms with Gasteiger partial charge in [-0.05, 0) is 51.5 Å². The van der Waals surface area contributed by atoms with Gasteiger partial charge < -0.3 is 9.15 Å². The molecule has 0 spiro atoms. The van der Waals surface area contributed by atoms with Gasteiger partial charge in [-0.3, -0.25) is 14.9 Å². The van der Waals surface area contributed by atoms with Gasteiger partial charge in [-0.15, -0.1) is 0 Å². The molecule has 28 heavy (non-hydrogen) atoms. The van der Waals surface area contributed by atoms with Crippen LogP contribution in [0.5, 0.6) is 5.95 Å². The van der Waals surface area contributed by atoms with Crippen LogP contribution in [0.2, 0.25) is 0 Å². The maximum Gasteiger partial charge on any atom is 0.291 e. The molecule has 0 radical (unpaired) electrons. The van der Waals surface area contributed by atoms with E-state index in [-0.39, 0.29) is 17.1 Å². The second-order valence-electron chi connectivity index (χ2n) is 6.50. The van der Waals surface area contributed by atoms with E-state index in [1.807, 2.05) is 32.1 Å². The Bertz CT molecular complexity index is 1020. The largest absolute Gasteiger partial charge is 0.468 e. The number of nitrogens with zero attached hydrogens (tertiary/aromatic N) is 1. The summed E-state index contributed by atoms with van der Waals surface area (Å²) in [6.07, 6.45) is 7.50. The van der Waals surface area contributed by atoms with Crippen molar-refractivity contribution in [2.45, 2.75) is 27.7 Å². The SMILES string of the molecule is COc1oc(/C=C/C(C)=C/C(C)=C/c2ccc([N+](=O)[O-])cc2)c(C)c(=O)c1C. The molecule has 2 rings (SSSR count). The Balaban J connectivity index is 2.22. The minimum atomic E-state index is -0.421. The van der Waals surface area contributed by atoms with Gasteiger partial charge in [-0.1, -0.05) is 29.4 Å². The van der Waals surface area contributed by atoms with Gasteiger partial charge in [0.15, 0.2) is 5.43 Å². The van der Waals surface area contributed by atoms with Crippen molar-refractivity contribution < 1.29 is 14.1 Å². The third kappa shape index (κ3) is 5.07. The Morgan fingerprint density at radius 1 is 1.11 bits per heavy atom. The number of ether oxygens (including phenoxy) is 1. The first kappa shape index (κ1) is 20.9. The lowest BCUT2D eigenvalue weighted by atomic mass is 10.1. The molecule has 0 aliphatic rings. The van der Waals surface area contributed by atoms with E-state index < -0.39 is 4.92 Å². The van der Waals surface area contributed by atoms with E-state index in [1.54, 1.807) is 32.1 Å². The van der Waals surface area contributed by atoms with E-state index in [9.17, 15) is 14.9 Å². The van der Waals surface area contributed by atoms with Crippen molar-refractivity contribution in [1.82, 2.24) is 0 Å². The van der Waals surface area contributed by atoms with Gasteiger partial charge in [0.1, 0.15) is 5.76 Å². The summed E-state index contributed by atoms with van der Waals surface area (Å²) < 4.78 is 10.8. The first-order valence-corrected chi connectivity index (χ1v) is 8.70. The molecular formula is C22H23NO5. The summed E-state index contributed by atoms with van der Waals surface area (Å²) in [4.78, 5) is 22.5. The molecular weight excluding hydrogens is 358 g/mol. The maximum absolute atomic E-state index is 12.2. The number of allylic oxidation sites excluding steroid dienone is 4. The number of methoxy groups -OCH3 is 1. The van der Waals surface area contributed by atoms with Gasteiger partial charge in [0.25, 0.3) is 11.6 Å². The topological polar surface area (TPSA) is 82.6 Å². The second kappa shape index (κ2) is 8.99. The van der Waals surface area contributed by atoms with Crippen molar-refractivity contribution in [2.75, 3.05) is 7.11 Å². The fraction of sp³-hybridized carbons (Fsp3) is 0.227. The highest BCUT2D eigenvalue weighted by molar-refractivity contribution is 5.59. The summed E-state index contributed by atoms with van der Waals surface area (Å²) in [6, 6.07) is 6.37. The minimum Gasteiger partial charge on any atom is -0.468 e. The molecule has 0 unspecified atom stereocenters. The molecule has 0 N–H and O–H groups in total. The summed E-state index contributed by atoms with van der Waals surface area (Å²) in [5.74, 6) is 0.670. The first-order chi connectivity index (χ1) is 13.2. The van der Waals surface area contributed by atoms with Gasteiger partial charge in [-0.2, -0.15) is 0 Å². The van der Waals surface area contributed by atoms with Crippen molar-refractivity contribution in [3.05, 3.63) is 90.4 Å². The van der Waals surface area contributed by atoms with E-state index in [0.717, 1.165) is 16.7 Å². The maximum atomic E-state index is 12.2. The lowest BCUT2D eigenvalue weighted by molar-refractivity contribution is -0.384. The number of rotatable bonds is 6. The lowest BCUT2D eigenvalue weighted by Gasteiger charge is -2.06. The number of nitro groups is 1. The van der Waals surface area contributed by atoms with E-state index in [4.69, 9.17) is 9.15 Å². The van der Waals surface area contributed by atoms with Crippen LogP contribution in [0.4, 0.5) is 5.69 Å². The summed E-state index contributed by atoms with van der Waals surface area (Å²) in [7, 11) is 1.46. The van der Waals surface area contributed by atoms with E-state index in [0.29, 0.717) is 16.9 Å². The molecule has 0 saturated carbocycles. The monoisotopic (exact) mass is 381 g/mol. The molecule has 0 saturated heterocycles. The molecule has 146 valence electrons. The molecule has 0 aliphatic carbocycles. The summed E-state index contributed by atoms with van der Waals surface area (Å²) >= 11 is 0. The van der Waals surface area contributed by atoms with Crippen molar-refractivity contribution in [1.29, 1.82) is 0 Å². The van der Waals surface area contributed by atoms with E-state index in [1.165, 1.54) is 19.2 Å². The highest BCUT2D eigenvalue weighted by Gasteiger charge is 2.12. The van der Waals surface area contributed by atoms with E-state index >= 15 is 0 Å². The fourth-order valence-electron chi connectivity index (χ4n) is 2.70. The Kier molecular flexibility index (Phi) is 6.71. The fourth-order valence-corrected chi connectivity index (χ4v) is 2.70. The van der Waals surface area contributed by atoms with Crippen LogP contribution in [-0.2, 0) is 0 Å². The Morgan fingerprint density at radius 2 is 1.75 bits per heavy atom. The van der Waals surface area contributed by atoms with Gasteiger partial charge in [0, 0.05) is 17.7 Å². The van der Waals surface area contributed by atoms with Crippen LogP contribution in [0.3, 0.4) is 0 Å². The van der Waals surface area contributed by atoms with Crippen LogP contribution in [0.15, 0.2) is 56.8 Å². The smallest absolute Gasteiger partial charge is 0.291 e. The zero-order valence-corrected chi connectivity index (χ0v) is 16.6. The van der Waals surface area contributed by atoms with Crippen LogP contribution >= 0.6 is 0 Å². The molecule has 1 aromatic heterocycles. The standard InChI is InChI=1S/C22H23NO5/c1-14(6-11-20-16(3)21(24)17(4)22(27-5)28-20)12-15(2)13-18-7-9-19(10-8-18)23(25)26/h6-13H,1-5H3/b11-6+,14-12+,15-13+. The van der Waals surface area contributed by atoms with Gasteiger partial charge in [-0.25, -0.2) is 0 Å². The number of benzene rings is 1. The Morgan fingerprint density at radius 3 is 2.32 bits per heavy atom.